The van der Waals surface area contributed by atoms with Crippen LogP contribution in [0.4, 0.5) is 5.82 Å². The first-order valence-corrected chi connectivity index (χ1v) is 5.20. The van der Waals surface area contributed by atoms with Crippen LogP contribution in [0.2, 0.25) is 0 Å². The second-order valence-electron chi connectivity index (χ2n) is 3.12. The van der Waals surface area contributed by atoms with E-state index in [9.17, 15) is 5.11 Å². The zero-order chi connectivity index (χ0) is 11.7. The van der Waals surface area contributed by atoms with Gasteiger partial charge in [-0.05, 0) is 28.1 Å². The highest BCUT2D eigenvalue weighted by Gasteiger charge is 2.13. The smallest absolute Gasteiger partial charge is 0.172 e. The van der Waals surface area contributed by atoms with Crippen LogP contribution in [-0.4, -0.2) is 17.4 Å². The second-order valence-corrected chi connectivity index (χ2v) is 3.97. The van der Waals surface area contributed by atoms with E-state index in [1.165, 1.54) is 19.2 Å². The highest BCUT2D eigenvalue weighted by molar-refractivity contribution is 9.10. The molecular weight excluding hydrogens is 276 g/mol. The van der Waals surface area contributed by atoms with Crippen LogP contribution in [0.15, 0.2) is 27.2 Å². The summed E-state index contributed by atoms with van der Waals surface area (Å²) in [6.45, 7) is 0. The predicted molar refractivity (Wildman–Crippen MR) is 62.3 cm³/mol. The quantitative estimate of drug-likeness (QED) is 0.885. The van der Waals surface area contributed by atoms with Crippen molar-refractivity contribution in [2.75, 3.05) is 12.8 Å². The fraction of sp³-hybridized carbons (Fsp3) is 0.100. The third kappa shape index (κ3) is 1.83. The molecule has 0 aliphatic rings. The lowest BCUT2D eigenvalue weighted by molar-refractivity contribution is 0.407. The summed E-state index contributed by atoms with van der Waals surface area (Å²) in [5, 5.41) is 13.3. The van der Waals surface area contributed by atoms with Crippen molar-refractivity contribution >= 4 is 21.7 Å². The normalized spacial score (nSPS) is 10.4. The number of aromatic hydroxyl groups is 1. The molecule has 2 rings (SSSR count). The maximum atomic E-state index is 9.76. The molecule has 0 aliphatic heterocycles. The Morgan fingerprint density at radius 1 is 1.44 bits per heavy atom. The number of phenols is 1. The minimum Gasteiger partial charge on any atom is -0.507 e. The Labute approximate surface area is 99.9 Å². The summed E-state index contributed by atoms with van der Waals surface area (Å²) in [5.41, 5.74) is 5.92. The van der Waals surface area contributed by atoms with E-state index in [0.29, 0.717) is 21.5 Å². The Balaban J connectivity index is 2.56. The predicted octanol–water partition coefficient (Wildman–Crippen LogP) is 2.40. The van der Waals surface area contributed by atoms with Crippen LogP contribution in [0.1, 0.15) is 0 Å². The molecule has 0 aliphatic carbocycles. The molecule has 84 valence electrons. The minimum atomic E-state index is 0.0591. The number of nitrogens with two attached hydrogens (primary N) is 1. The fourth-order valence-corrected chi connectivity index (χ4v) is 1.81. The van der Waals surface area contributed by atoms with Gasteiger partial charge < -0.3 is 20.1 Å². The molecule has 0 fully saturated rings. The van der Waals surface area contributed by atoms with E-state index in [1.807, 2.05) is 0 Å². The van der Waals surface area contributed by atoms with Gasteiger partial charge in [-0.15, -0.1) is 0 Å². The molecule has 0 atom stereocenters. The number of hydrogen-bond donors (Lipinski definition) is 2. The van der Waals surface area contributed by atoms with Crippen LogP contribution in [0.3, 0.4) is 0 Å². The largest absolute Gasteiger partial charge is 0.507 e. The Morgan fingerprint density at radius 3 is 2.75 bits per heavy atom. The number of phenolic OH excluding ortho intramolecular Hbond substituents is 1. The molecule has 0 amide bonds. The van der Waals surface area contributed by atoms with Crippen molar-refractivity contribution in [3.8, 4) is 22.8 Å². The number of benzene rings is 1. The molecule has 3 N–H and O–H groups in total. The Kier molecular flexibility index (Phi) is 2.74. The summed E-state index contributed by atoms with van der Waals surface area (Å²) in [5.74, 6) is 1.30. The maximum absolute atomic E-state index is 9.76. The van der Waals surface area contributed by atoms with Gasteiger partial charge in [-0.1, -0.05) is 5.16 Å². The highest BCUT2D eigenvalue weighted by atomic mass is 79.9. The topological polar surface area (TPSA) is 81.5 Å². The number of aromatic nitrogens is 1. The molecule has 0 bridgehead atoms. The molecule has 16 heavy (non-hydrogen) atoms. The molecule has 0 saturated carbocycles. The van der Waals surface area contributed by atoms with Crippen LogP contribution >= 0.6 is 15.9 Å². The molecule has 2 aromatic rings. The van der Waals surface area contributed by atoms with Gasteiger partial charge in [0.25, 0.3) is 0 Å². The number of methoxy groups -OCH3 is 1. The molecule has 5 nitrogen and oxygen atoms in total. The first kappa shape index (κ1) is 10.8. The maximum Gasteiger partial charge on any atom is 0.172 e. The van der Waals surface area contributed by atoms with Gasteiger partial charge in [0.2, 0.25) is 0 Å². The molecule has 6 heteroatoms. The summed E-state index contributed by atoms with van der Waals surface area (Å²) in [4.78, 5) is 0. The number of nitrogens with zero attached hydrogens (tertiary/aromatic N) is 1. The lowest BCUT2D eigenvalue weighted by atomic mass is 10.1. The lowest BCUT2D eigenvalue weighted by Crippen LogP contribution is -1.86. The Hall–Kier alpha value is -1.69. The molecule has 1 aromatic heterocycles. The van der Waals surface area contributed by atoms with E-state index in [-0.39, 0.29) is 11.6 Å². The first-order valence-electron chi connectivity index (χ1n) is 4.41. The summed E-state index contributed by atoms with van der Waals surface area (Å²) >= 11 is 3.26. The zero-order valence-corrected chi connectivity index (χ0v) is 9.98. The van der Waals surface area contributed by atoms with Gasteiger partial charge >= 0.3 is 0 Å². The van der Waals surface area contributed by atoms with Crippen molar-refractivity contribution in [1.82, 2.24) is 5.16 Å². The van der Waals surface area contributed by atoms with Crippen LogP contribution in [0, 0.1) is 0 Å². The second kappa shape index (κ2) is 4.05. The van der Waals surface area contributed by atoms with Gasteiger partial charge in [0, 0.05) is 6.07 Å². The first-order chi connectivity index (χ1) is 7.61. The molecule has 0 unspecified atom stereocenters. The van der Waals surface area contributed by atoms with Gasteiger partial charge in [0.15, 0.2) is 11.6 Å². The van der Waals surface area contributed by atoms with E-state index in [1.54, 1.807) is 6.07 Å². The third-order valence-corrected chi connectivity index (χ3v) is 2.68. The minimum absolute atomic E-state index is 0.0591. The monoisotopic (exact) mass is 284 g/mol. The van der Waals surface area contributed by atoms with Crippen molar-refractivity contribution in [3.63, 3.8) is 0 Å². The van der Waals surface area contributed by atoms with Gasteiger partial charge in [-0.25, -0.2) is 0 Å². The molecule has 0 radical (unpaired) electrons. The van der Waals surface area contributed by atoms with Crippen LogP contribution < -0.4 is 10.5 Å². The number of halogens is 1. The van der Waals surface area contributed by atoms with E-state index >= 15 is 0 Å². The zero-order valence-electron chi connectivity index (χ0n) is 8.40. The van der Waals surface area contributed by atoms with Crippen molar-refractivity contribution in [3.05, 3.63) is 22.7 Å². The van der Waals surface area contributed by atoms with Crippen molar-refractivity contribution in [2.24, 2.45) is 0 Å². The summed E-state index contributed by atoms with van der Waals surface area (Å²) < 4.78 is 10.7. The van der Waals surface area contributed by atoms with Gasteiger partial charge in [-0.3, -0.25) is 0 Å². The fourth-order valence-electron chi connectivity index (χ4n) is 1.31. The van der Waals surface area contributed by atoms with Gasteiger partial charge in [0.05, 0.1) is 17.1 Å². The summed E-state index contributed by atoms with van der Waals surface area (Å²) in [7, 11) is 1.54. The lowest BCUT2D eigenvalue weighted by Gasteiger charge is -2.06. The molecule has 0 saturated heterocycles. The standard InChI is InChI=1S/C10H9BrN2O3/c1-15-9-2-5(7(14)3-6(9)11)8-4-10(12)13-16-8/h2-4,14H,1H3,(H2,12,13). The molecular formula is C10H9BrN2O3. The van der Waals surface area contributed by atoms with Crippen LogP contribution in [0.25, 0.3) is 11.3 Å². The number of rotatable bonds is 2. The van der Waals surface area contributed by atoms with E-state index in [2.05, 4.69) is 21.1 Å². The average molecular weight is 285 g/mol. The average Bonchev–Trinajstić information content (AvgIpc) is 2.65. The summed E-state index contributed by atoms with van der Waals surface area (Å²) in [6.07, 6.45) is 0. The molecule has 0 spiro atoms. The van der Waals surface area contributed by atoms with E-state index in [4.69, 9.17) is 15.0 Å². The number of ether oxygens (including phenoxy) is 1. The number of nitrogen functional groups attached to an aromatic ring is 1. The molecule has 1 aromatic carbocycles. The highest BCUT2D eigenvalue weighted by Crippen LogP contribution is 2.38. The number of hydrogen-bond acceptors (Lipinski definition) is 5. The molecule has 1 heterocycles. The number of anilines is 1. The van der Waals surface area contributed by atoms with E-state index < -0.39 is 0 Å². The van der Waals surface area contributed by atoms with Crippen molar-refractivity contribution < 1.29 is 14.4 Å². The SMILES string of the molecule is COc1cc(-c2cc(N)no2)c(O)cc1Br. The van der Waals surface area contributed by atoms with Crippen molar-refractivity contribution in [1.29, 1.82) is 0 Å². The Bertz CT molecular complexity index is 525. The van der Waals surface area contributed by atoms with Crippen molar-refractivity contribution in [2.45, 2.75) is 0 Å². The Morgan fingerprint density at radius 2 is 2.19 bits per heavy atom. The third-order valence-electron chi connectivity index (χ3n) is 2.06. The van der Waals surface area contributed by atoms with Crippen LogP contribution in [-0.2, 0) is 0 Å². The van der Waals surface area contributed by atoms with E-state index in [0.717, 1.165) is 0 Å². The van der Waals surface area contributed by atoms with Gasteiger partial charge in [0.1, 0.15) is 11.5 Å². The van der Waals surface area contributed by atoms with Crippen LogP contribution in [0.5, 0.6) is 11.5 Å². The van der Waals surface area contributed by atoms with Gasteiger partial charge in [-0.2, -0.15) is 0 Å². The summed E-state index contributed by atoms with van der Waals surface area (Å²) in [6, 6.07) is 4.69.